The normalized spacial score (nSPS) is 17.6. The lowest BCUT2D eigenvalue weighted by Gasteiger charge is -2.31. The minimum atomic E-state index is 0.105. The van der Waals surface area contributed by atoms with E-state index >= 15 is 0 Å². The highest BCUT2D eigenvalue weighted by Gasteiger charge is 2.20. The highest BCUT2D eigenvalue weighted by Crippen LogP contribution is 2.32. The number of piperidine rings is 1. The van der Waals surface area contributed by atoms with E-state index in [1.807, 2.05) is 0 Å². The van der Waals surface area contributed by atoms with E-state index in [1.54, 1.807) is 6.07 Å². The lowest BCUT2D eigenvalue weighted by atomic mass is 9.92. The number of likely N-dealkylation sites (tertiary alicyclic amines) is 1. The van der Waals surface area contributed by atoms with E-state index in [9.17, 15) is 4.79 Å². The van der Waals surface area contributed by atoms with Crippen LogP contribution in [0.15, 0.2) is 6.07 Å². The fourth-order valence-electron chi connectivity index (χ4n) is 2.83. The van der Waals surface area contributed by atoms with E-state index in [2.05, 4.69) is 11.8 Å². The molecule has 1 fully saturated rings. The summed E-state index contributed by atoms with van der Waals surface area (Å²) in [5.74, 6) is 0.992. The molecule has 1 aromatic heterocycles. The zero-order chi connectivity index (χ0) is 14.5. The molecule has 1 aromatic rings. The third-order valence-corrected chi connectivity index (χ3v) is 5.50. The lowest BCUT2D eigenvalue weighted by molar-refractivity contribution is 0.0950. The minimum Gasteiger partial charge on any atom is -0.303 e. The first-order chi connectivity index (χ1) is 9.60. The van der Waals surface area contributed by atoms with Gasteiger partial charge in [0.05, 0.1) is 4.34 Å². The Bertz CT molecular complexity index is 453. The number of Topliss-reactive ketones (excluding diaryl/α,β-unsaturated/α-hetero) is 1. The molecule has 2 rings (SSSR count). The number of hydrogen-bond acceptors (Lipinski definition) is 3. The Morgan fingerprint density at radius 3 is 2.65 bits per heavy atom. The van der Waals surface area contributed by atoms with E-state index in [1.165, 1.54) is 37.0 Å². The van der Waals surface area contributed by atoms with Crippen LogP contribution in [0.1, 0.15) is 49.4 Å². The van der Waals surface area contributed by atoms with Gasteiger partial charge in [-0.1, -0.05) is 43.0 Å². The summed E-state index contributed by atoms with van der Waals surface area (Å²) in [6.07, 6.45) is 5.70. The van der Waals surface area contributed by atoms with Crippen molar-refractivity contribution in [3.8, 4) is 0 Å². The predicted molar refractivity (Wildman–Crippen MR) is 87.4 cm³/mol. The van der Waals surface area contributed by atoms with E-state index in [-0.39, 0.29) is 5.78 Å². The maximum atomic E-state index is 12.1. The lowest BCUT2D eigenvalue weighted by Crippen LogP contribution is -2.35. The van der Waals surface area contributed by atoms with Crippen molar-refractivity contribution in [2.75, 3.05) is 19.6 Å². The van der Waals surface area contributed by atoms with Crippen molar-refractivity contribution in [2.45, 2.75) is 39.0 Å². The Hall–Kier alpha value is -0.0900. The molecule has 0 atom stereocenters. The minimum absolute atomic E-state index is 0.105. The standard InChI is InChI=1S/C15H21Cl2NOS/c1-2-3-11-4-7-18(8-5-11)9-6-13(19)12-10-14(16)20-15(12)17/h10-11H,2-9H2,1H3. The van der Waals surface area contributed by atoms with Crippen LogP contribution in [0.25, 0.3) is 0 Å². The van der Waals surface area contributed by atoms with Gasteiger partial charge in [-0.05, 0) is 37.9 Å². The quantitative estimate of drug-likeness (QED) is 0.671. The van der Waals surface area contributed by atoms with Crippen LogP contribution >= 0.6 is 34.5 Å². The van der Waals surface area contributed by atoms with Crippen LogP contribution in [0.5, 0.6) is 0 Å². The topological polar surface area (TPSA) is 20.3 Å². The Kier molecular flexibility index (Phi) is 6.34. The number of rotatable bonds is 6. The summed E-state index contributed by atoms with van der Waals surface area (Å²) in [6.45, 7) is 5.33. The molecule has 0 bridgehead atoms. The van der Waals surface area contributed by atoms with Crippen molar-refractivity contribution in [3.05, 3.63) is 20.3 Å². The molecule has 0 aliphatic carbocycles. The number of halogens is 2. The SMILES string of the molecule is CCCC1CCN(CCC(=O)c2cc(Cl)sc2Cl)CC1. The monoisotopic (exact) mass is 333 g/mol. The van der Waals surface area contributed by atoms with Gasteiger partial charge in [-0.25, -0.2) is 0 Å². The predicted octanol–water partition coefficient (Wildman–Crippen LogP) is 5.14. The Labute approximate surface area is 135 Å². The molecular formula is C15H21Cl2NOS. The first kappa shape index (κ1) is 16.3. The van der Waals surface area contributed by atoms with E-state index in [0.29, 0.717) is 20.7 Å². The molecule has 0 N–H and O–H groups in total. The number of carbonyl (C=O) groups is 1. The zero-order valence-electron chi connectivity index (χ0n) is 11.8. The molecule has 1 aliphatic heterocycles. The molecule has 0 radical (unpaired) electrons. The van der Waals surface area contributed by atoms with Gasteiger partial charge >= 0.3 is 0 Å². The van der Waals surface area contributed by atoms with Gasteiger partial charge in [-0.3, -0.25) is 4.79 Å². The molecule has 0 aromatic carbocycles. The first-order valence-electron chi connectivity index (χ1n) is 7.30. The zero-order valence-corrected chi connectivity index (χ0v) is 14.2. The van der Waals surface area contributed by atoms with E-state index in [4.69, 9.17) is 23.2 Å². The summed E-state index contributed by atoms with van der Waals surface area (Å²) >= 11 is 13.2. The molecular weight excluding hydrogens is 313 g/mol. The largest absolute Gasteiger partial charge is 0.303 e. The smallest absolute Gasteiger partial charge is 0.166 e. The van der Waals surface area contributed by atoms with Crippen molar-refractivity contribution >= 4 is 40.3 Å². The number of hydrogen-bond donors (Lipinski definition) is 0. The first-order valence-corrected chi connectivity index (χ1v) is 8.87. The molecule has 2 heterocycles. The van der Waals surface area contributed by atoms with Crippen LogP contribution in [-0.2, 0) is 0 Å². The molecule has 0 unspecified atom stereocenters. The molecule has 1 aliphatic rings. The molecule has 5 heteroatoms. The average Bonchev–Trinajstić information content (AvgIpc) is 2.77. The van der Waals surface area contributed by atoms with Crippen molar-refractivity contribution < 1.29 is 4.79 Å². The average molecular weight is 334 g/mol. The Balaban J connectivity index is 1.76. The highest BCUT2D eigenvalue weighted by molar-refractivity contribution is 7.20. The summed E-state index contributed by atoms with van der Waals surface area (Å²) in [4.78, 5) is 14.5. The second-order valence-electron chi connectivity index (χ2n) is 5.48. The molecule has 112 valence electrons. The van der Waals surface area contributed by atoms with Crippen molar-refractivity contribution in [3.63, 3.8) is 0 Å². The van der Waals surface area contributed by atoms with E-state index < -0.39 is 0 Å². The molecule has 0 spiro atoms. The van der Waals surface area contributed by atoms with Gasteiger partial charge in [-0.2, -0.15) is 0 Å². The van der Waals surface area contributed by atoms with E-state index in [0.717, 1.165) is 25.6 Å². The molecule has 2 nitrogen and oxygen atoms in total. The number of nitrogens with zero attached hydrogens (tertiary/aromatic N) is 1. The number of carbonyl (C=O) groups excluding carboxylic acids is 1. The second kappa shape index (κ2) is 7.79. The van der Waals surface area contributed by atoms with Gasteiger partial charge < -0.3 is 4.90 Å². The summed E-state index contributed by atoms with van der Waals surface area (Å²) in [7, 11) is 0. The van der Waals surface area contributed by atoms with Gasteiger partial charge in [0.15, 0.2) is 5.78 Å². The van der Waals surface area contributed by atoms with Crippen molar-refractivity contribution in [1.82, 2.24) is 4.90 Å². The fourth-order valence-corrected chi connectivity index (χ4v) is 4.33. The summed E-state index contributed by atoms with van der Waals surface area (Å²) in [5.41, 5.74) is 0.586. The van der Waals surface area contributed by atoms with Gasteiger partial charge in [0.25, 0.3) is 0 Å². The van der Waals surface area contributed by atoms with Crippen LogP contribution in [-0.4, -0.2) is 30.3 Å². The number of thiophene rings is 1. The third kappa shape index (κ3) is 4.45. The van der Waals surface area contributed by atoms with Crippen LogP contribution < -0.4 is 0 Å². The van der Waals surface area contributed by atoms with Crippen molar-refractivity contribution in [2.24, 2.45) is 5.92 Å². The van der Waals surface area contributed by atoms with Crippen LogP contribution in [0, 0.1) is 5.92 Å². The Morgan fingerprint density at radius 2 is 2.10 bits per heavy atom. The number of ketones is 1. The Morgan fingerprint density at radius 1 is 1.40 bits per heavy atom. The molecule has 20 heavy (non-hydrogen) atoms. The maximum absolute atomic E-state index is 12.1. The molecule has 1 saturated heterocycles. The van der Waals surface area contributed by atoms with Crippen LogP contribution in [0.4, 0.5) is 0 Å². The highest BCUT2D eigenvalue weighted by atomic mass is 35.5. The van der Waals surface area contributed by atoms with Gasteiger partial charge in [0.2, 0.25) is 0 Å². The molecule has 0 saturated carbocycles. The second-order valence-corrected chi connectivity index (χ2v) is 7.77. The van der Waals surface area contributed by atoms with Crippen LogP contribution in [0.3, 0.4) is 0 Å². The summed E-state index contributed by atoms with van der Waals surface area (Å²) in [5, 5.41) is 0. The maximum Gasteiger partial charge on any atom is 0.166 e. The van der Waals surface area contributed by atoms with Crippen molar-refractivity contribution in [1.29, 1.82) is 0 Å². The van der Waals surface area contributed by atoms with Gasteiger partial charge in [0.1, 0.15) is 4.34 Å². The fraction of sp³-hybridized carbons (Fsp3) is 0.667. The van der Waals surface area contributed by atoms with Crippen LogP contribution in [0.2, 0.25) is 8.67 Å². The summed E-state index contributed by atoms with van der Waals surface area (Å²) < 4.78 is 1.10. The summed E-state index contributed by atoms with van der Waals surface area (Å²) in [6, 6.07) is 1.68. The molecule has 0 amide bonds. The van der Waals surface area contributed by atoms with Gasteiger partial charge in [-0.15, -0.1) is 11.3 Å². The van der Waals surface area contributed by atoms with Gasteiger partial charge in [0, 0.05) is 18.5 Å². The third-order valence-electron chi connectivity index (χ3n) is 4.02.